The SMILES string of the molecule is O=C(O)c1ccc(Br)cc1N(c1nsnc1Cc1ccccc1)S(=O)O. The number of anilines is 2. The van der Waals surface area contributed by atoms with Crippen molar-refractivity contribution in [1.29, 1.82) is 0 Å². The fourth-order valence-corrected chi connectivity index (χ4v) is 3.95. The van der Waals surface area contributed by atoms with Crippen LogP contribution in [0.25, 0.3) is 0 Å². The van der Waals surface area contributed by atoms with Crippen LogP contribution in [0.5, 0.6) is 0 Å². The minimum atomic E-state index is -2.53. The Balaban J connectivity index is 2.09. The van der Waals surface area contributed by atoms with Gasteiger partial charge in [0.15, 0.2) is 5.82 Å². The van der Waals surface area contributed by atoms with Crippen LogP contribution in [0.15, 0.2) is 53.0 Å². The van der Waals surface area contributed by atoms with Gasteiger partial charge in [-0.1, -0.05) is 46.3 Å². The van der Waals surface area contributed by atoms with Crippen LogP contribution in [-0.4, -0.2) is 28.6 Å². The van der Waals surface area contributed by atoms with Crippen LogP contribution in [0.3, 0.4) is 0 Å². The van der Waals surface area contributed by atoms with Crippen molar-refractivity contribution in [2.75, 3.05) is 4.31 Å². The lowest BCUT2D eigenvalue weighted by molar-refractivity contribution is 0.0698. The molecule has 10 heteroatoms. The summed E-state index contributed by atoms with van der Waals surface area (Å²) in [5.41, 5.74) is 1.38. The lowest BCUT2D eigenvalue weighted by Gasteiger charge is -2.20. The van der Waals surface area contributed by atoms with Gasteiger partial charge in [0.25, 0.3) is 11.3 Å². The molecular formula is C16H12BrN3O4S2. The van der Waals surface area contributed by atoms with Crippen molar-refractivity contribution in [3.63, 3.8) is 0 Å². The molecule has 1 atom stereocenters. The molecular weight excluding hydrogens is 442 g/mol. The van der Waals surface area contributed by atoms with E-state index in [1.807, 2.05) is 30.3 Å². The molecule has 2 N–H and O–H groups in total. The lowest BCUT2D eigenvalue weighted by atomic mass is 10.1. The zero-order chi connectivity index (χ0) is 18.7. The second kappa shape index (κ2) is 8.04. The first kappa shape index (κ1) is 18.6. The Labute approximate surface area is 164 Å². The highest BCUT2D eigenvalue weighted by Crippen LogP contribution is 2.34. The third-order valence-corrected chi connectivity index (χ3v) is 5.24. The molecule has 0 bridgehead atoms. The van der Waals surface area contributed by atoms with Crippen molar-refractivity contribution in [2.45, 2.75) is 6.42 Å². The van der Waals surface area contributed by atoms with Crippen molar-refractivity contribution in [1.82, 2.24) is 8.75 Å². The van der Waals surface area contributed by atoms with E-state index < -0.39 is 17.2 Å². The Bertz CT molecular complexity index is 965. The fourth-order valence-electron chi connectivity index (χ4n) is 2.38. The maximum atomic E-state index is 12.1. The summed E-state index contributed by atoms with van der Waals surface area (Å²) in [6, 6.07) is 13.8. The van der Waals surface area contributed by atoms with E-state index in [-0.39, 0.29) is 17.1 Å². The monoisotopic (exact) mass is 453 g/mol. The van der Waals surface area contributed by atoms with Crippen LogP contribution < -0.4 is 4.31 Å². The minimum Gasteiger partial charge on any atom is -0.478 e. The number of halogens is 1. The zero-order valence-corrected chi connectivity index (χ0v) is 16.3. The number of carboxylic acid groups (broad SMARTS) is 1. The van der Waals surface area contributed by atoms with Gasteiger partial charge in [-0.2, -0.15) is 8.75 Å². The number of rotatable bonds is 6. The molecule has 26 heavy (non-hydrogen) atoms. The number of hydrogen-bond donors (Lipinski definition) is 2. The number of carbonyl (C=O) groups is 1. The molecule has 3 rings (SSSR count). The third kappa shape index (κ3) is 3.98. The Morgan fingerprint density at radius 3 is 2.58 bits per heavy atom. The first-order valence-corrected chi connectivity index (χ1v) is 9.85. The molecule has 0 radical (unpaired) electrons. The van der Waals surface area contributed by atoms with Gasteiger partial charge >= 0.3 is 5.97 Å². The van der Waals surface area contributed by atoms with Crippen LogP contribution in [-0.2, 0) is 17.7 Å². The number of hydrogen-bond acceptors (Lipinski definition) is 5. The summed E-state index contributed by atoms with van der Waals surface area (Å²) in [5.74, 6) is -1.06. The van der Waals surface area contributed by atoms with Crippen molar-refractivity contribution >= 4 is 56.4 Å². The maximum absolute atomic E-state index is 12.1. The van der Waals surface area contributed by atoms with Gasteiger partial charge in [0, 0.05) is 10.9 Å². The number of aromatic nitrogens is 2. The first-order chi connectivity index (χ1) is 12.5. The fraction of sp³-hybridized carbons (Fsp3) is 0.0625. The van der Waals surface area contributed by atoms with Gasteiger partial charge in [-0.25, -0.2) is 13.3 Å². The predicted molar refractivity (Wildman–Crippen MR) is 103 cm³/mol. The van der Waals surface area contributed by atoms with Gasteiger partial charge in [-0.05, 0) is 23.8 Å². The lowest BCUT2D eigenvalue weighted by Crippen LogP contribution is -2.23. The molecule has 0 fully saturated rings. The van der Waals surface area contributed by atoms with Gasteiger partial charge in [0.1, 0.15) is 5.69 Å². The highest BCUT2D eigenvalue weighted by Gasteiger charge is 2.27. The Hall–Kier alpha value is -2.14. The Kier molecular flexibility index (Phi) is 5.77. The van der Waals surface area contributed by atoms with Crippen molar-refractivity contribution in [3.05, 3.63) is 69.8 Å². The molecule has 0 aliphatic rings. The summed E-state index contributed by atoms with van der Waals surface area (Å²) in [7, 11) is 0. The highest BCUT2D eigenvalue weighted by atomic mass is 79.9. The molecule has 7 nitrogen and oxygen atoms in total. The third-order valence-electron chi connectivity index (χ3n) is 3.51. The van der Waals surface area contributed by atoms with E-state index in [0.29, 0.717) is 16.6 Å². The van der Waals surface area contributed by atoms with Crippen LogP contribution in [0, 0.1) is 0 Å². The van der Waals surface area contributed by atoms with Gasteiger partial charge in [0.2, 0.25) is 0 Å². The zero-order valence-electron chi connectivity index (χ0n) is 13.1. The van der Waals surface area contributed by atoms with Crippen molar-refractivity contribution in [2.24, 2.45) is 0 Å². The topological polar surface area (TPSA) is 104 Å². The van der Waals surface area contributed by atoms with Crippen LogP contribution >= 0.6 is 27.7 Å². The van der Waals surface area contributed by atoms with E-state index in [1.165, 1.54) is 12.1 Å². The van der Waals surface area contributed by atoms with Gasteiger partial charge in [-0.3, -0.25) is 4.55 Å². The second-order valence-corrected chi connectivity index (χ2v) is 7.46. The van der Waals surface area contributed by atoms with Crippen molar-refractivity contribution in [3.8, 4) is 0 Å². The number of carboxylic acids is 1. The van der Waals surface area contributed by atoms with E-state index in [9.17, 15) is 18.7 Å². The molecule has 0 spiro atoms. The molecule has 134 valence electrons. The second-order valence-electron chi connectivity index (χ2n) is 5.19. The van der Waals surface area contributed by atoms with E-state index >= 15 is 0 Å². The average molecular weight is 454 g/mol. The Morgan fingerprint density at radius 2 is 1.92 bits per heavy atom. The summed E-state index contributed by atoms with van der Waals surface area (Å²) < 4.78 is 31.8. The predicted octanol–water partition coefficient (Wildman–Crippen LogP) is 3.86. The van der Waals surface area contributed by atoms with E-state index in [4.69, 9.17) is 0 Å². The molecule has 0 aliphatic carbocycles. The van der Waals surface area contributed by atoms with Gasteiger partial charge in [0.05, 0.1) is 23.0 Å². The minimum absolute atomic E-state index is 0.0507. The quantitative estimate of drug-likeness (QED) is 0.549. The standard InChI is InChI=1S/C16H12BrN3O4S2/c17-11-6-7-12(16(21)22)14(9-11)20(26(23)24)15-13(18-25-19-15)8-10-4-2-1-3-5-10/h1-7,9H,8H2,(H,21,22)(H,23,24). The van der Waals surface area contributed by atoms with E-state index in [2.05, 4.69) is 24.7 Å². The molecule has 3 aromatic rings. The van der Waals surface area contributed by atoms with E-state index in [1.54, 1.807) is 6.07 Å². The molecule has 0 saturated carbocycles. The molecule has 0 saturated heterocycles. The van der Waals surface area contributed by atoms with Gasteiger partial charge < -0.3 is 5.11 Å². The molecule has 1 aromatic heterocycles. The Morgan fingerprint density at radius 1 is 1.19 bits per heavy atom. The summed E-state index contributed by atoms with van der Waals surface area (Å²) >= 11 is 1.63. The van der Waals surface area contributed by atoms with Crippen LogP contribution in [0.2, 0.25) is 0 Å². The summed E-state index contributed by atoms with van der Waals surface area (Å²) in [5, 5.41) is 9.43. The molecule has 0 amide bonds. The first-order valence-electron chi connectivity index (χ1n) is 7.26. The number of aromatic carboxylic acids is 1. The number of benzene rings is 2. The largest absolute Gasteiger partial charge is 0.478 e. The maximum Gasteiger partial charge on any atom is 0.337 e. The normalized spacial score (nSPS) is 11.9. The van der Waals surface area contributed by atoms with E-state index in [0.717, 1.165) is 21.6 Å². The van der Waals surface area contributed by atoms with Gasteiger partial charge in [-0.15, -0.1) is 0 Å². The van der Waals surface area contributed by atoms with Crippen LogP contribution in [0.4, 0.5) is 11.5 Å². The van der Waals surface area contributed by atoms with Crippen molar-refractivity contribution < 1.29 is 18.7 Å². The summed E-state index contributed by atoms with van der Waals surface area (Å²) in [6.45, 7) is 0. The smallest absolute Gasteiger partial charge is 0.337 e. The average Bonchev–Trinajstić information content (AvgIpc) is 3.03. The van der Waals surface area contributed by atoms with Crippen LogP contribution in [0.1, 0.15) is 21.6 Å². The summed E-state index contributed by atoms with van der Waals surface area (Å²) in [6.07, 6.45) is 0.400. The molecule has 1 heterocycles. The molecule has 1 unspecified atom stereocenters. The highest BCUT2D eigenvalue weighted by molar-refractivity contribution is 9.10. The summed E-state index contributed by atoms with van der Waals surface area (Å²) in [4.78, 5) is 11.5. The number of nitrogens with zero attached hydrogens (tertiary/aromatic N) is 3. The molecule has 2 aromatic carbocycles. The molecule has 0 aliphatic heterocycles.